The standard InChI is InChI=1S/C19H19N3O2S/c1-2-8-17-21-22-19(25-17)20-18(23)16-12-7-6-9-14(16)13-24-15-10-4-3-5-11-15/h3-7,9-12H,2,8,13H2,1H3,(H,20,22,23). The largest absolute Gasteiger partial charge is 0.489 e. The Morgan fingerprint density at radius 2 is 1.84 bits per heavy atom. The van der Waals surface area contributed by atoms with Gasteiger partial charge in [-0.2, -0.15) is 0 Å². The predicted octanol–water partition coefficient (Wildman–Crippen LogP) is 4.32. The van der Waals surface area contributed by atoms with Crippen LogP contribution in [0.1, 0.15) is 34.3 Å². The zero-order valence-electron chi connectivity index (χ0n) is 13.9. The smallest absolute Gasteiger partial charge is 0.257 e. The molecule has 6 heteroatoms. The topological polar surface area (TPSA) is 64.1 Å². The monoisotopic (exact) mass is 353 g/mol. The van der Waals surface area contributed by atoms with Crippen LogP contribution < -0.4 is 10.1 Å². The van der Waals surface area contributed by atoms with Crippen molar-refractivity contribution in [3.63, 3.8) is 0 Å². The first-order chi connectivity index (χ1) is 12.3. The van der Waals surface area contributed by atoms with Gasteiger partial charge in [0.15, 0.2) is 0 Å². The molecule has 5 nitrogen and oxygen atoms in total. The van der Waals surface area contributed by atoms with Crippen LogP contribution in [0.25, 0.3) is 0 Å². The van der Waals surface area contributed by atoms with Crippen molar-refractivity contribution in [3.05, 3.63) is 70.7 Å². The van der Waals surface area contributed by atoms with Gasteiger partial charge in [-0.25, -0.2) is 0 Å². The fraction of sp³-hybridized carbons (Fsp3) is 0.211. The van der Waals surface area contributed by atoms with E-state index in [1.807, 2.05) is 48.5 Å². The maximum absolute atomic E-state index is 12.6. The van der Waals surface area contributed by atoms with E-state index in [1.54, 1.807) is 6.07 Å². The van der Waals surface area contributed by atoms with Gasteiger partial charge in [-0.15, -0.1) is 10.2 Å². The number of carbonyl (C=O) groups is 1. The van der Waals surface area contributed by atoms with Crippen molar-refractivity contribution in [1.82, 2.24) is 10.2 Å². The molecular weight excluding hydrogens is 334 g/mol. The minimum absolute atomic E-state index is 0.202. The number of nitrogens with zero attached hydrogens (tertiary/aromatic N) is 2. The summed E-state index contributed by atoms with van der Waals surface area (Å²) in [4.78, 5) is 12.6. The molecule has 3 aromatic rings. The van der Waals surface area contributed by atoms with Gasteiger partial charge in [0.05, 0.1) is 0 Å². The zero-order chi connectivity index (χ0) is 17.5. The molecule has 0 atom stereocenters. The molecule has 128 valence electrons. The molecule has 0 fully saturated rings. The van der Waals surface area contributed by atoms with Crippen molar-refractivity contribution >= 4 is 22.4 Å². The summed E-state index contributed by atoms with van der Waals surface area (Å²) in [6.07, 6.45) is 1.87. The van der Waals surface area contributed by atoms with Crippen LogP contribution in [0.5, 0.6) is 5.75 Å². The number of para-hydroxylation sites is 1. The number of hydrogen-bond donors (Lipinski definition) is 1. The fourth-order valence-electron chi connectivity index (χ4n) is 2.33. The summed E-state index contributed by atoms with van der Waals surface area (Å²) in [6.45, 7) is 2.41. The molecule has 3 rings (SSSR count). The van der Waals surface area contributed by atoms with Crippen molar-refractivity contribution < 1.29 is 9.53 Å². The molecule has 0 unspecified atom stereocenters. The number of aromatic nitrogens is 2. The second-order valence-electron chi connectivity index (χ2n) is 5.46. The number of aryl methyl sites for hydroxylation is 1. The maximum atomic E-state index is 12.6. The summed E-state index contributed by atoms with van der Waals surface area (Å²) in [7, 11) is 0. The molecule has 0 aliphatic heterocycles. The molecule has 25 heavy (non-hydrogen) atoms. The second kappa shape index (κ2) is 8.39. The van der Waals surface area contributed by atoms with E-state index in [4.69, 9.17) is 4.74 Å². The number of ether oxygens (including phenoxy) is 1. The third-order valence-corrected chi connectivity index (χ3v) is 4.45. The molecule has 0 aliphatic carbocycles. The van der Waals surface area contributed by atoms with E-state index in [1.165, 1.54) is 11.3 Å². The summed E-state index contributed by atoms with van der Waals surface area (Å²) in [5.41, 5.74) is 1.40. The van der Waals surface area contributed by atoms with Gasteiger partial charge in [0.2, 0.25) is 5.13 Å². The highest BCUT2D eigenvalue weighted by molar-refractivity contribution is 7.15. The van der Waals surface area contributed by atoms with E-state index in [0.717, 1.165) is 29.2 Å². The Kier molecular flexibility index (Phi) is 5.74. The molecule has 1 heterocycles. The third kappa shape index (κ3) is 4.64. The Morgan fingerprint density at radius 1 is 1.08 bits per heavy atom. The molecule has 1 amide bonds. The van der Waals surface area contributed by atoms with E-state index in [-0.39, 0.29) is 5.91 Å². The van der Waals surface area contributed by atoms with Gasteiger partial charge in [-0.3, -0.25) is 10.1 Å². The summed E-state index contributed by atoms with van der Waals surface area (Å²) < 4.78 is 5.76. The van der Waals surface area contributed by atoms with E-state index >= 15 is 0 Å². The summed E-state index contributed by atoms with van der Waals surface area (Å²) in [5, 5.41) is 12.4. The van der Waals surface area contributed by atoms with Crippen LogP contribution in [0.3, 0.4) is 0 Å². The molecule has 0 radical (unpaired) electrons. The highest BCUT2D eigenvalue weighted by Gasteiger charge is 2.14. The van der Waals surface area contributed by atoms with Crippen LogP contribution in [0.15, 0.2) is 54.6 Å². The number of anilines is 1. The quantitative estimate of drug-likeness (QED) is 0.687. The average Bonchev–Trinajstić information content (AvgIpc) is 3.08. The maximum Gasteiger partial charge on any atom is 0.257 e. The number of rotatable bonds is 7. The van der Waals surface area contributed by atoms with Gasteiger partial charge in [0, 0.05) is 17.5 Å². The molecule has 0 bridgehead atoms. The van der Waals surface area contributed by atoms with Gasteiger partial charge in [-0.05, 0) is 24.6 Å². The van der Waals surface area contributed by atoms with Crippen molar-refractivity contribution in [2.75, 3.05) is 5.32 Å². The lowest BCUT2D eigenvalue weighted by molar-refractivity contribution is 0.102. The van der Waals surface area contributed by atoms with Gasteiger partial charge >= 0.3 is 0 Å². The lowest BCUT2D eigenvalue weighted by atomic mass is 10.1. The highest BCUT2D eigenvalue weighted by Crippen LogP contribution is 2.19. The highest BCUT2D eigenvalue weighted by atomic mass is 32.1. The Labute approximate surface area is 150 Å². The minimum atomic E-state index is -0.202. The molecule has 0 saturated heterocycles. The van der Waals surface area contributed by atoms with Crippen LogP contribution in [-0.2, 0) is 13.0 Å². The van der Waals surface area contributed by atoms with Crippen LogP contribution in [0.4, 0.5) is 5.13 Å². The van der Waals surface area contributed by atoms with Crippen LogP contribution >= 0.6 is 11.3 Å². The van der Waals surface area contributed by atoms with Crippen LogP contribution in [-0.4, -0.2) is 16.1 Å². The zero-order valence-corrected chi connectivity index (χ0v) is 14.8. The first-order valence-electron chi connectivity index (χ1n) is 8.15. The lowest BCUT2D eigenvalue weighted by Crippen LogP contribution is -2.15. The van der Waals surface area contributed by atoms with Gasteiger partial charge < -0.3 is 4.74 Å². The fourth-order valence-corrected chi connectivity index (χ4v) is 3.17. The SMILES string of the molecule is CCCc1nnc(NC(=O)c2ccccc2COc2ccccc2)s1. The van der Waals surface area contributed by atoms with Crippen LogP contribution in [0.2, 0.25) is 0 Å². The molecule has 1 aromatic heterocycles. The molecular formula is C19H19N3O2S. The lowest BCUT2D eigenvalue weighted by Gasteiger charge is -2.10. The molecule has 0 saturated carbocycles. The Bertz CT molecular complexity index is 833. The summed E-state index contributed by atoms with van der Waals surface area (Å²) in [6, 6.07) is 16.9. The Morgan fingerprint density at radius 3 is 2.64 bits per heavy atom. The average molecular weight is 353 g/mol. The third-order valence-electron chi connectivity index (χ3n) is 3.55. The number of carbonyl (C=O) groups excluding carboxylic acids is 1. The number of amides is 1. The van der Waals surface area contributed by atoms with Crippen molar-refractivity contribution in [2.24, 2.45) is 0 Å². The molecule has 0 spiro atoms. The van der Waals surface area contributed by atoms with Gasteiger partial charge in [0.1, 0.15) is 17.4 Å². The number of hydrogen-bond acceptors (Lipinski definition) is 5. The van der Waals surface area contributed by atoms with E-state index in [0.29, 0.717) is 17.3 Å². The van der Waals surface area contributed by atoms with E-state index < -0.39 is 0 Å². The summed E-state index contributed by atoms with van der Waals surface area (Å²) >= 11 is 1.41. The van der Waals surface area contributed by atoms with Crippen molar-refractivity contribution in [2.45, 2.75) is 26.4 Å². The number of benzene rings is 2. The first-order valence-corrected chi connectivity index (χ1v) is 8.97. The van der Waals surface area contributed by atoms with E-state index in [2.05, 4.69) is 22.4 Å². The van der Waals surface area contributed by atoms with Crippen molar-refractivity contribution in [1.29, 1.82) is 0 Å². The van der Waals surface area contributed by atoms with Crippen LogP contribution in [0, 0.1) is 0 Å². The second-order valence-corrected chi connectivity index (χ2v) is 6.53. The molecule has 0 aliphatic rings. The Hall–Kier alpha value is -2.73. The minimum Gasteiger partial charge on any atom is -0.489 e. The first kappa shape index (κ1) is 17.1. The van der Waals surface area contributed by atoms with Crippen molar-refractivity contribution in [3.8, 4) is 5.75 Å². The van der Waals surface area contributed by atoms with Gasteiger partial charge in [0.25, 0.3) is 5.91 Å². The molecule has 1 N–H and O–H groups in total. The van der Waals surface area contributed by atoms with Gasteiger partial charge in [-0.1, -0.05) is 54.7 Å². The Balaban J connectivity index is 1.69. The van der Waals surface area contributed by atoms with E-state index in [9.17, 15) is 4.79 Å². The summed E-state index contributed by atoms with van der Waals surface area (Å²) in [5.74, 6) is 0.567. The molecule has 2 aromatic carbocycles. The number of nitrogens with one attached hydrogen (secondary N) is 1. The predicted molar refractivity (Wildman–Crippen MR) is 99.1 cm³/mol. The normalized spacial score (nSPS) is 10.4.